The second-order valence-electron chi connectivity index (χ2n) is 3.65. The van der Waals surface area contributed by atoms with Gasteiger partial charge in [-0.1, -0.05) is 6.07 Å². The van der Waals surface area contributed by atoms with Gasteiger partial charge in [-0.05, 0) is 24.6 Å². The third-order valence-electron chi connectivity index (χ3n) is 2.33. The first-order valence-corrected chi connectivity index (χ1v) is 6.39. The van der Waals surface area contributed by atoms with E-state index in [4.69, 9.17) is 4.74 Å². The third kappa shape index (κ3) is 3.00. The highest BCUT2D eigenvalue weighted by atomic mass is 32.2. The Morgan fingerprint density at radius 3 is 3.12 bits per heavy atom. The van der Waals surface area contributed by atoms with Crippen molar-refractivity contribution in [3.05, 3.63) is 23.8 Å². The molecule has 1 aliphatic rings. The van der Waals surface area contributed by atoms with E-state index in [1.54, 1.807) is 6.92 Å². The first kappa shape index (κ1) is 12.0. The van der Waals surface area contributed by atoms with Crippen LogP contribution in [-0.4, -0.2) is 24.2 Å². The lowest BCUT2D eigenvalue weighted by Crippen LogP contribution is -2.18. The minimum Gasteiger partial charge on any atom is -0.466 e. The summed E-state index contributed by atoms with van der Waals surface area (Å²) < 4.78 is 4.89. The highest BCUT2D eigenvalue weighted by Crippen LogP contribution is 2.32. The maximum absolute atomic E-state index is 11.3. The predicted octanol–water partition coefficient (Wildman–Crippen LogP) is 1.84. The third-order valence-corrected chi connectivity index (χ3v) is 3.39. The van der Waals surface area contributed by atoms with Crippen LogP contribution in [0.25, 0.3) is 0 Å². The zero-order chi connectivity index (χ0) is 12.3. The first-order chi connectivity index (χ1) is 8.19. The number of esters is 1. The van der Waals surface area contributed by atoms with Crippen molar-refractivity contribution >= 4 is 29.3 Å². The monoisotopic (exact) mass is 251 g/mol. The van der Waals surface area contributed by atoms with Gasteiger partial charge in [0.15, 0.2) is 0 Å². The van der Waals surface area contributed by atoms with Crippen molar-refractivity contribution in [2.75, 3.05) is 17.7 Å². The van der Waals surface area contributed by atoms with Gasteiger partial charge < -0.3 is 10.1 Å². The number of carbonyl (C=O) groups excluding carboxylic acids is 2. The summed E-state index contributed by atoms with van der Waals surface area (Å²) in [7, 11) is 0. The van der Waals surface area contributed by atoms with Crippen LogP contribution in [0.1, 0.15) is 12.5 Å². The minimum absolute atomic E-state index is 0.0145. The van der Waals surface area contributed by atoms with Crippen LogP contribution in [-0.2, 0) is 20.7 Å². The SMILES string of the molecule is CCOC(=O)Cc1ccc2c(c1)SCC(=O)N2. The summed E-state index contributed by atoms with van der Waals surface area (Å²) >= 11 is 1.49. The highest BCUT2D eigenvalue weighted by molar-refractivity contribution is 8.00. The number of ether oxygens (including phenoxy) is 1. The predicted molar refractivity (Wildman–Crippen MR) is 66.1 cm³/mol. The van der Waals surface area contributed by atoms with Crippen molar-refractivity contribution in [3.8, 4) is 0 Å². The molecule has 1 aromatic carbocycles. The molecule has 2 rings (SSSR count). The van der Waals surface area contributed by atoms with Gasteiger partial charge in [0.05, 0.1) is 24.5 Å². The van der Waals surface area contributed by atoms with Gasteiger partial charge in [0.1, 0.15) is 0 Å². The van der Waals surface area contributed by atoms with E-state index in [1.807, 2.05) is 18.2 Å². The number of fused-ring (bicyclic) bond motifs is 1. The normalized spacial score (nSPS) is 13.8. The number of hydrogen-bond acceptors (Lipinski definition) is 4. The van der Waals surface area contributed by atoms with Gasteiger partial charge in [-0.3, -0.25) is 9.59 Å². The molecule has 0 bridgehead atoms. The molecule has 0 radical (unpaired) electrons. The Morgan fingerprint density at radius 2 is 2.35 bits per heavy atom. The summed E-state index contributed by atoms with van der Waals surface area (Å²) in [4.78, 5) is 23.5. The fraction of sp³-hybridized carbons (Fsp3) is 0.333. The Labute approximate surface area is 104 Å². The summed E-state index contributed by atoms with van der Waals surface area (Å²) in [6.45, 7) is 2.19. The molecule has 0 aromatic heterocycles. The van der Waals surface area contributed by atoms with Crippen LogP contribution < -0.4 is 5.32 Å². The van der Waals surface area contributed by atoms with Crippen LogP contribution in [0.15, 0.2) is 23.1 Å². The summed E-state index contributed by atoms with van der Waals surface area (Å²) in [5.74, 6) is 0.216. The van der Waals surface area contributed by atoms with Crippen molar-refractivity contribution in [3.63, 3.8) is 0 Å². The molecule has 17 heavy (non-hydrogen) atoms. The van der Waals surface area contributed by atoms with Crippen LogP contribution in [0.5, 0.6) is 0 Å². The number of nitrogens with one attached hydrogen (secondary N) is 1. The molecule has 0 unspecified atom stereocenters. The topological polar surface area (TPSA) is 55.4 Å². The number of rotatable bonds is 3. The average Bonchev–Trinajstić information content (AvgIpc) is 2.29. The smallest absolute Gasteiger partial charge is 0.310 e. The fourth-order valence-electron chi connectivity index (χ4n) is 1.61. The zero-order valence-corrected chi connectivity index (χ0v) is 10.3. The average molecular weight is 251 g/mol. The van der Waals surface area contributed by atoms with Gasteiger partial charge in [0.25, 0.3) is 0 Å². The second-order valence-corrected chi connectivity index (χ2v) is 4.67. The standard InChI is InChI=1S/C12H13NO3S/c1-2-16-12(15)6-8-3-4-9-10(5-8)17-7-11(14)13-9/h3-5H,2,6-7H2,1H3,(H,13,14). The van der Waals surface area contributed by atoms with Crippen molar-refractivity contribution < 1.29 is 14.3 Å². The number of carbonyl (C=O) groups is 2. The molecular formula is C12H13NO3S. The summed E-state index contributed by atoms with van der Waals surface area (Å²) in [6, 6.07) is 5.59. The molecule has 0 saturated carbocycles. The second kappa shape index (κ2) is 5.23. The van der Waals surface area contributed by atoms with Gasteiger partial charge in [0.2, 0.25) is 5.91 Å². The van der Waals surface area contributed by atoms with Crippen molar-refractivity contribution in [1.29, 1.82) is 0 Å². The molecule has 1 heterocycles. The molecule has 90 valence electrons. The van der Waals surface area contributed by atoms with Gasteiger partial charge in [-0.2, -0.15) is 0 Å². The van der Waals surface area contributed by atoms with E-state index < -0.39 is 0 Å². The molecule has 1 amide bonds. The van der Waals surface area contributed by atoms with Crippen molar-refractivity contribution in [1.82, 2.24) is 0 Å². The van der Waals surface area contributed by atoms with E-state index in [1.165, 1.54) is 11.8 Å². The quantitative estimate of drug-likeness (QED) is 0.833. The Kier molecular flexibility index (Phi) is 3.68. The first-order valence-electron chi connectivity index (χ1n) is 5.40. The highest BCUT2D eigenvalue weighted by Gasteiger charge is 2.16. The summed E-state index contributed by atoms with van der Waals surface area (Å²) in [5, 5.41) is 2.79. The van der Waals surface area contributed by atoms with E-state index in [2.05, 4.69) is 5.32 Å². The zero-order valence-electron chi connectivity index (χ0n) is 9.49. The molecule has 5 heteroatoms. The van der Waals surface area contributed by atoms with E-state index >= 15 is 0 Å². The van der Waals surface area contributed by atoms with Crippen LogP contribution in [0.3, 0.4) is 0 Å². The molecule has 1 N–H and O–H groups in total. The Morgan fingerprint density at radius 1 is 1.53 bits per heavy atom. The van der Waals surface area contributed by atoms with Crippen LogP contribution in [0.2, 0.25) is 0 Å². The lowest BCUT2D eigenvalue weighted by molar-refractivity contribution is -0.142. The molecule has 0 fully saturated rings. The molecule has 0 spiro atoms. The van der Waals surface area contributed by atoms with Crippen LogP contribution in [0, 0.1) is 0 Å². The van der Waals surface area contributed by atoms with Crippen LogP contribution >= 0.6 is 11.8 Å². The maximum Gasteiger partial charge on any atom is 0.310 e. The molecule has 4 nitrogen and oxygen atoms in total. The largest absolute Gasteiger partial charge is 0.466 e. The Hall–Kier alpha value is -1.49. The maximum atomic E-state index is 11.3. The van der Waals surface area contributed by atoms with E-state index in [-0.39, 0.29) is 18.3 Å². The van der Waals surface area contributed by atoms with E-state index in [9.17, 15) is 9.59 Å². The number of hydrogen-bond donors (Lipinski definition) is 1. The van der Waals surface area contributed by atoms with Gasteiger partial charge in [-0.25, -0.2) is 0 Å². The molecule has 1 aliphatic heterocycles. The molecule has 0 aliphatic carbocycles. The number of thioether (sulfide) groups is 1. The number of benzene rings is 1. The summed E-state index contributed by atoms with van der Waals surface area (Å²) in [5.41, 5.74) is 1.73. The minimum atomic E-state index is -0.225. The van der Waals surface area contributed by atoms with E-state index in [0.717, 1.165) is 16.1 Å². The van der Waals surface area contributed by atoms with Gasteiger partial charge in [-0.15, -0.1) is 11.8 Å². The van der Waals surface area contributed by atoms with Crippen molar-refractivity contribution in [2.45, 2.75) is 18.2 Å². The van der Waals surface area contributed by atoms with E-state index in [0.29, 0.717) is 12.4 Å². The number of anilines is 1. The van der Waals surface area contributed by atoms with Crippen LogP contribution in [0.4, 0.5) is 5.69 Å². The molecular weight excluding hydrogens is 238 g/mol. The summed E-state index contributed by atoms with van der Waals surface area (Å²) in [6.07, 6.45) is 0.273. The lowest BCUT2D eigenvalue weighted by Gasteiger charge is -2.16. The molecule has 0 atom stereocenters. The fourth-order valence-corrected chi connectivity index (χ4v) is 2.48. The Bertz CT molecular complexity index is 459. The molecule has 0 saturated heterocycles. The van der Waals surface area contributed by atoms with Gasteiger partial charge >= 0.3 is 5.97 Å². The Balaban J connectivity index is 2.11. The lowest BCUT2D eigenvalue weighted by atomic mass is 10.1. The number of amides is 1. The van der Waals surface area contributed by atoms with Crippen molar-refractivity contribution in [2.24, 2.45) is 0 Å². The van der Waals surface area contributed by atoms with Gasteiger partial charge in [0, 0.05) is 4.90 Å². The molecule has 1 aromatic rings.